The van der Waals surface area contributed by atoms with E-state index in [4.69, 9.17) is 9.97 Å². The van der Waals surface area contributed by atoms with Gasteiger partial charge in [-0.2, -0.15) is 0 Å². The van der Waals surface area contributed by atoms with Gasteiger partial charge in [-0.25, -0.2) is 4.98 Å². The van der Waals surface area contributed by atoms with Gasteiger partial charge in [0.25, 0.3) is 0 Å². The molecule has 7 rings (SSSR count). The van der Waals surface area contributed by atoms with E-state index in [0.29, 0.717) is 0 Å². The van der Waals surface area contributed by atoms with Gasteiger partial charge in [0.2, 0.25) is 0 Å². The second-order valence-electron chi connectivity index (χ2n) is 14.9. The normalized spacial score (nSPS) is 11.8. The molecule has 0 aliphatic carbocycles. The van der Waals surface area contributed by atoms with Gasteiger partial charge in [0.1, 0.15) is 11.6 Å². The van der Waals surface area contributed by atoms with Crippen molar-refractivity contribution in [2.45, 2.75) is 52.4 Å². The Kier molecular flexibility index (Phi) is 9.46. The first-order valence-corrected chi connectivity index (χ1v) is 16.9. The van der Waals surface area contributed by atoms with Gasteiger partial charge < -0.3 is 9.67 Å². The molecule has 2 aromatic heterocycles. The Balaban J connectivity index is 0.00000432. The molecule has 1 N–H and O–H groups in total. The minimum atomic E-state index is -0.245. The first-order valence-electron chi connectivity index (χ1n) is 16.9. The van der Waals surface area contributed by atoms with E-state index in [9.17, 15) is 5.11 Å². The van der Waals surface area contributed by atoms with Gasteiger partial charge in [0, 0.05) is 45.6 Å². The first kappa shape index (κ1) is 35.0. The molecule has 0 spiro atoms. The van der Waals surface area contributed by atoms with Gasteiger partial charge in [-0.3, -0.25) is 4.98 Å². The van der Waals surface area contributed by atoms with Gasteiger partial charge in [0.15, 0.2) is 0 Å². The van der Waals surface area contributed by atoms with Crippen LogP contribution in [-0.4, -0.2) is 19.6 Å². The van der Waals surface area contributed by atoms with Crippen LogP contribution in [0.3, 0.4) is 0 Å². The zero-order valence-electron chi connectivity index (χ0n) is 29.7. The third kappa shape index (κ3) is 6.70. The summed E-state index contributed by atoms with van der Waals surface area (Å²) < 4.78 is 2.10. The zero-order chi connectivity index (χ0) is 34.5. The number of pyridine rings is 1. The maximum absolute atomic E-state index is 11.8. The average molecular weight is 836 g/mol. The van der Waals surface area contributed by atoms with Crippen LogP contribution >= 0.6 is 0 Å². The fourth-order valence-electron chi connectivity index (χ4n) is 6.52. The molecule has 0 radical (unpaired) electrons. The molecule has 2 heterocycles. The molecule has 5 aromatic carbocycles. The molecule has 0 atom stereocenters. The number of aryl methyl sites for hydroxylation is 1. The monoisotopic (exact) mass is 835 g/mol. The van der Waals surface area contributed by atoms with E-state index in [-0.39, 0.29) is 37.6 Å². The number of rotatable bonds is 5. The summed E-state index contributed by atoms with van der Waals surface area (Å²) in [4.78, 5) is 10.1. The number of aromatic hydroxyl groups is 1. The number of benzene rings is 5. The Morgan fingerprint density at radius 1 is 0.620 bits per heavy atom. The van der Waals surface area contributed by atoms with E-state index in [2.05, 4.69) is 149 Å². The Labute approximate surface area is 310 Å². The molecule has 0 aliphatic heterocycles. The molecule has 0 aliphatic rings. The maximum atomic E-state index is 11.8. The van der Waals surface area contributed by atoms with Crippen molar-refractivity contribution in [1.82, 2.24) is 14.5 Å². The Morgan fingerprint density at radius 2 is 1.26 bits per heavy atom. The summed E-state index contributed by atoms with van der Waals surface area (Å²) in [5.74, 6) is 1.01. The van der Waals surface area contributed by atoms with Crippen LogP contribution in [0, 0.1) is 6.07 Å². The molecular weight excluding hydrogens is 794 g/mol. The van der Waals surface area contributed by atoms with Crippen LogP contribution in [0.25, 0.3) is 67.1 Å². The Hall–Kier alpha value is -4.79. The molecule has 0 bridgehead atoms. The first-order chi connectivity index (χ1) is 23.4. The summed E-state index contributed by atoms with van der Waals surface area (Å²) in [6, 6.07) is 43.6. The van der Waals surface area contributed by atoms with Gasteiger partial charge in [-0.15, -0.1) is 23.8 Å². The van der Waals surface area contributed by atoms with E-state index < -0.39 is 0 Å². The fraction of sp³-hybridized carbons (Fsp3) is 0.200. The molecule has 5 heteroatoms. The summed E-state index contributed by atoms with van der Waals surface area (Å²) in [5, 5.41) is 11.8. The van der Waals surface area contributed by atoms with Gasteiger partial charge in [0.05, 0.1) is 16.6 Å². The second-order valence-corrected chi connectivity index (χ2v) is 14.9. The Morgan fingerprint density at radius 3 is 1.90 bits per heavy atom. The van der Waals surface area contributed by atoms with E-state index in [0.717, 1.165) is 78.2 Å². The zero-order valence-corrected chi connectivity index (χ0v) is 31.9. The van der Waals surface area contributed by atoms with Crippen LogP contribution in [-0.2, 0) is 38.9 Å². The molecule has 0 saturated carbocycles. The molecule has 254 valence electrons. The van der Waals surface area contributed by atoms with Crippen molar-refractivity contribution in [3.8, 4) is 61.8 Å². The van der Waals surface area contributed by atoms with Crippen molar-refractivity contribution >= 4 is 11.0 Å². The third-order valence-corrected chi connectivity index (χ3v) is 9.35. The topological polar surface area (TPSA) is 50.9 Å². The fourth-order valence-corrected chi connectivity index (χ4v) is 6.52. The summed E-state index contributed by atoms with van der Waals surface area (Å²) in [6.45, 7) is 13.1. The predicted octanol–water partition coefficient (Wildman–Crippen LogP) is 11.4. The van der Waals surface area contributed by atoms with Crippen LogP contribution in [0.4, 0.5) is 0 Å². The smallest absolute Gasteiger partial charge is 0.143 e. The number of phenolic OH excluding ortho intramolecular Hbond substituents is 1. The average Bonchev–Trinajstić information content (AvgIpc) is 3.44. The van der Waals surface area contributed by atoms with E-state index in [1.165, 1.54) is 0 Å². The standard InChI is InChI=1S/C45H42N3O.Pt/c1-44(2,3)35-27-37(42(49)38(28-35)45(4,5)6)43-47-41-36(19-14-20-40(41)48(43)7)33-23-32(30-17-12-9-13-18-30)24-34(25-33)39-26-31(21-22-46-39)29-15-10-8-11-16-29;/h8-24,26-28,49H,1-7H3;/q-1;. The number of para-hydroxylation sites is 1. The predicted molar refractivity (Wildman–Crippen MR) is 204 cm³/mol. The molecular formula is C45H42N3OPt-. The largest absolute Gasteiger partial charge is 0.507 e. The van der Waals surface area contributed by atoms with Crippen LogP contribution in [0.5, 0.6) is 5.75 Å². The summed E-state index contributed by atoms with van der Waals surface area (Å²) in [6.07, 6.45) is 1.87. The van der Waals surface area contributed by atoms with Crippen molar-refractivity contribution in [2.75, 3.05) is 0 Å². The number of fused-ring (bicyclic) bond motifs is 1. The van der Waals surface area contributed by atoms with E-state index in [1.807, 2.05) is 31.4 Å². The van der Waals surface area contributed by atoms with Crippen molar-refractivity contribution in [3.05, 3.63) is 139 Å². The van der Waals surface area contributed by atoms with Crippen LogP contribution in [0.1, 0.15) is 52.7 Å². The van der Waals surface area contributed by atoms with Crippen molar-refractivity contribution in [1.29, 1.82) is 0 Å². The molecule has 0 saturated heterocycles. The number of nitrogens with zero attached hydrogens (tertiary/aromatic N) is 3. The Bertz CT molecular complexity index is 2310. The second kappa shape index (κ2) is 13.5. The molecule has 0 unspecified atom stereocenters. The summed E-state index contributed by atoms with van der Waals surface area (Å²) in [5.41, 5.74) is 12.4. The SMILES string of the molecule is Cn1c(-c2cc(C(C)(C)C)cc(C(C)(C)C)c2O)nc2c(-c3[c-]c(-c4cc(-c5ccccc5)ccn4)cc(-c4ccccc4)c3)cccc21.[Pt]. The number of hydrogen-bond acceptors (Lipinski definition) is 3. The van der Waals surface area contributed by atoms with Gasteiger partial charge >= 0.3 is 0 Å². The number of hydrogen-bond donors (Lipinski definition) is 1. The number of imidazole rings is 1. The molecule has 50 heavy (non-hydrogen) atoms. The van der Waals surface area contributed by atoms with Crippen molar-refractivity contribution in [3.63, 3.8) is 0 Å². The van der Waals surface area contributed by atoms with Crippen LogP contribution < -0.4 is 0 Å². The number of phenols is 1. The minimum Gasteiger partial charge on any atom is -0.507 e. The van der Waals surface area contributed by atoms with Crippen LogP contribution in [0.2, 0.25) is 0 Å². The third-order valence-electron chi connectivity index (χ3n) is 9.35. The van der Waals surface area contributed by atoms with E-state index >= 15 is 0 Å². The maximum Gasteiger partial charge on any atom is 0.143 e. The molecule has 7 aromatic rings. The quantitative estimate of drug-likeness (QED) is 0.176. The summed E-state index contributed by atoms with van der Waals surface area (Å²) in [7, 11) is 2.03. The summed E-state index contributed by atoms with van der Waals surface area (Å²) >= 11 is 0. The van der Waals surface area contributed by atoms with Gasteiger partial charge in [-0.05, 0) is 51.3 Å². The van der Waals surface area contributed by atoms with E-state index in [1.54, 1.807) is 0 Å². The molecule has 4 nitrogen and oxygen atoms in total. The number of aromatic nitrogens is 3. The molecule has 0 fully saturated rings. The van der Waals surface area contributed by atoms with Crippen molar-refractivity contribution in [2.24, 2.45) is 7.05 Å². The molecule has 0 amide bonds. The van der Waals surface area contributed by atoms with Crippen molar-refractivity contribution < 1.29 is 26.2 Å². The van der Waals surface area contributed by atoms with Crippen LogP contribution in [0.15, 0.2) is 121 Å². The van der Waals surface area contributed by atoms with Gasteiger partial charge in [-0.1, -0.05) is 143 Å². The minimum absolute atomic E-state index is 0.